The zero-order valence-corrected chi connectivity index (χ0v) is 11.2. The van der Waals surface area contributed by atoms with Gasteiger partial charge in [-0.25, -0.2) is 0 Å². The molecule has 2 aromatic carbocycles. The van der Waals surface area contributed by atoms with Gasteiger partial charge in [-0.2, -0.15) is 8.78 Å². The molecule has 19 heavy (non-hydrogen) atoms. The van der Waals surface area contributed by atoms with E-state index in [2.05, 4.69) is 5.32 Å². The first-order chi connectivity index (χ1) is 9.08. The van der Waals surface area contributed by atoms with Gasteiger partial charge in [0.1, 0.15) is 0 Å². The summed E-state index contributed by atoms with van der Waals surface area (Å²) in [5, 5.41) is 3.15. The third kappa shape index (κ3) is 3.38. The molecule has 0 amide bonds. The lowest BCUT2D eigenvalue weighted by Crippen LogP contribution is -1.98. The van der Waals surface area contributed by atoms with Gasteiger partial charge in [0.05, 0.1) is 5.69 Å². The smallest absolute Gasteiger partial charge is 0.288 e. The number of benzene rings is 2. The number of hydrogen-bond donors (Lipinski definition) is 2. The van der Waals surface area contributed by atoms with Crippen molar-refractivity contribution in [3.63, 3.8) is 0 Å². The summed E-state index contributed by atoms with van der Waals surface area (Å²) in [7, 11) is 0. The summed E-state index contributed by atoms with van der Waals surface area (Å²) < 4.78 is 25.0. The van der Waals surface area contributed by atoms with Crippen LogP contribution in [0.4, 0.5) is 25.8 Å². The Morgan fingerprint density at radius 3 is 2.47 bits per heavy atom. The highest BCUT2D eigenvalue weighted by Crippen LogP contribution is 2.34. The third-order valence-electron chi connectivity index (χ3n) is 2.75. The van der Waals surface area contributed by atoms with Gasteiger partial charge in [-0.15, -0.1) is 0 Å². The number of anilines is 3. The van der Waals surface area contributed by atoms with Crippen LogP contribution in [-0.2, 0) is 0 Å². The molecule has 0 saturated heterocycles. The molecule has 5 heteroatoms. The van der Waals surface area contributed by atoms with Crippen molar-refractivity contribution in [1.82, 2.24) is 0 Å². The van der Waals surface area contributed by atoms with Crippen LogP contribution in [0, 0.1) is 6.92 Å². The second-order valence-electron chi connectivity index (χ2n) is 4.02. The number of hydrogen-bond acceptors (Lipinski definition) is 3. The van der Waals surface area contributed by atoms with Gasteiger partial charge in [0.25, 0.3) is 5.76 Å². The average Bonchev–Trinajstić information content (AvgIpc) is 2.36. The molecule has 0 fully saturated rings. The zero-order chi connectivity index (χ0) is 13.8. The van der Waals surface area contributed by atoms with Gasteiger partial charge in [0.2, 0.25) is 0 Å². The fourth-order valence-electron chi connectivity index (χ4n) is 1.70. The maximum absolute atomic E-state index is 12.5. The monoisotopic (exact) mass is 280 g/mol. The fourth-order valence-corrected chi connectivity index (χ4v) is 2.30. The van der Waals surface area contributed by atoms with E-state index in [0.29, 0.717) is 28.0 Å². The third-order valence-corrected chi connectivity index (χ3v) is 3.54. The van der Waals surface area contributed by atoms with Crippen molar-refractivity contribution in [3.8, 4) is 0 Å². The van der Waals surface area contributed by atoms with Crippen molar-refractivity contribution >= 4 is 28.8 Å². The van der Waals surface area contributed by atoms with Gasteiger partial charge >= 0.3 is 0 Å². The molecule has 0 spiro atoms. The van der Waals surface area contributed by atoms with Gasteiger partial charge < -0.3 is 11.1 Å². The second kappa shape index (κ2) is 5.93. The minimum Gasteiger partial charge on any atom is -0.398 e. The van der Waals surface area contributed by atoms with Crippen molar-refractivity contribution in [2.24, 2.45) is 0 Å². The molecular formula is C14H14F2N2S. The molecule has 0 radical (unpaired) electrons. The van der Waals surface area contributed by atoms with Crippen LogP contribution in [0.15, 0.2) is 47.4 Å². The van der Waals surface area contributed by atoms with E-state index < -0.39 is 5.76 Å². The Hall–Kier alpha value is -1.75. The summed E-state index contributed by atoms with van der Waals surface area (Å²) in [6.07, 6.45) is 0. The lowest BCUT2D eigenvalue weighted by molar-refractivity contribution is 0.252. The lowest BCUT2D eigenvalue weighted by Gasteiger charge is -2.14. The maximum atomic E-state index is 12.5. The van der Waals surface area contributed by atoms with Crippen molar-refractivity contribution in [2.75, 3.05) is 11.1 Å². The predicted molar refractivity (Wildman–Crippen MR) is 77.2 cm³/mol. The molecule has 0 aliphatic rings. The Kier molecular flexibility index (Phi) is 4.27. The number of halogens is 2. The molecule has 100 valence electrons. The summed E-state index contributed by atoms with van der Waals surface area (Å²) in [5.74, 6) is -2.44. The van der Waals surface area contributed by atoms with Crippen molar-refractivity contribution in [3.05, 3.63) is 48.0 Å². The van der Waals surface area contributed by atoms with E-state index in [1.165, 1.54) is 0 Å². The van der Waals surface area contributed by atoms with Crippen LogP contribution >= 0.6 is 11.8 Å². The Labute approximate surface area is 115 Å². The summed E-state index contributed by atoms with van der Waals surface area (Å²) >= 11 is 0.527. The quantitative estimate of drug-likeness (QED) is 0.633. The van der Waals surface area contributed by atoms with E-state index in [9.17, 15) is 8.78 Å². The maximum Gasteiger partial charge on any atom is 0.288 e. The molecule has 0 heterocycles. The van der Waals surface area contributed by atoms with Crippen LogP contribution in [0.3, 0.4) is 0 Å². The number of nitrogens with one attached hydrogen (secondary N) is 1. The molecule has 2 rings (SSSR count). The summed E-state index contributed by atoms with van der Waals surface area (Å²) in [5.41, 5.74) is 8.88. The molecule has 0 saturated carbocycles. The van der Waals surface area contributed by atoms with E-state index >= 15 is 0 Å². The molecule has 0 aliphatic heterocycles. The van der Waals surface area contributed by atoms with Crippen molar-refractivity contribution in [2.45, 2.75) is 17.6 Å². The Morgan fingerprint density at radius 2 is 1.74 bits per heavy atom. The second-order valence-corrected chi connectivity index (χ2v) is 5.05. The number of alkyl halides is 2. The average molecular weight is 280 g/mol. The topological polar surface area (TPSA) is 38.0 Å². The van der Waals surface area contributed by atoms with E-state index in [1.54, 1.807) is 30.3 Å². The molecule has 0 bridgehead atoms. The molecule has 0 aliphatic carbocycles. The first-order valence-electron chi connectivity index (χ1n) is 5.74. The van der Waals surface area contributed by atoms with Crippen LogP contribution in [0.25, 0.3) is 0 Å². The molecule has 2 aromatic rings. The molecule has 3 N–H and O–H groups in total. The van der Waals surface area contributed by atoms with Crippen molar-refractivity contribution in [1.29, 1.82) is 0 Å². The van der Waals surface area contributed by atoms with Crippen LogP contribution in [-0.4, -0.2) is 5.76 Å². The number of nitrogens with two attached hydrogens (primary N) is 1. The number of nitrogen functional groups attached to an aromatic ring is 1. The molecule has 2 nitrogen and oxygen atoms in total. The Morgan fingerprint density at radius 1 is 1.05 bits per heavy atom. The van der Waals surface area contributed by atoms with E-state index in [4.69, 9.17) is 5.73 Å². The summed E-state index contributed by atoms with van der Waals surface area (Å²) in [4.78, 5) is 0.513. The molecule has 0 aromatic heterocycles. The fraction of sp³-hybridized carbons (Fsp3) is 0.143. The Bertz CT molecular complexity index is 573. The molecule has 0 atom stereocenters. The van der Waals surface area contributed by atoms with Gasteiger partial charge in [-0.3, -0.25) is 0 Å². The highest BCUT2D eigenvalue weighted by Gasteiger charge is 2.10. The van der Waals surface area contributed by atoms with E-state index in [0.717, 1.165) is 11.3 Å². The number of para-hydroxylation sites is 1. The van der Waals surface area contributed by atoms with Gasteiger partial charge in [0, 0.05) is 16.3 Å². The minimum atomic E-state index is -2.44. The normalized spacial score (nSPS) is 10.7. The van der Waals surface area contributed by atoms with Gasteiger partial charge in [-0.05, 0) is 36.8 Å². The van der Waals surface area contributed by atoms with E-state index in [-0.39, 0.29) is 0 Å². The molecule has 0 unspecified atom stereocenters. The SMILES string of the molecule is Cc1c(N)cccc1Nc1ccccc1SC(F)F. The predicted octanol–water partition coefficient (Wildman–Crippen LogP) is 4.64. The van der Waals surface area contributed by atoms with Crippen LogP contribution in [0.5, 0.6) is 0 Å². The van der Waals surface area contributed by atoms with Gasteiger partial charge in [0.15, 0.2) is 0 Å². The number of rotatable bonds is 4. The van der Waals surface area contributed by atoms with E-state index in [1.807, 2.05) is 19.1 Å². The Balaban J connectivity index is 2.30. The first-order valence-corrected chi connectivity index (χ1v) is 6.62. The zero-order valence-electron chi connectivity index (χ0n) is 10.4. The highest BCUT2D eigenvalue weighted by atomic mass is 32.2. The summed E-state index contributed by atoms with van der Waals surface area (Å²) in [6, 6.07) is 12.5. The van der Waals surface area contributed by atoms with Crippen LogP contribution < -0.4 is 11.1 Å². The first kappa shape index (κ1) is 13.7. The van der Waals surface area contributed by atoms with Crippen LogP contribution in [0.1, 0.15) is 5.56 Å². The standard InChI is InChI=1S/C14H14F2N2S/c1-9-10(17)5-4-7-11(9)18-12-6-2-3-8-13(12)19-14(15)16/h2-8,14,18H,17H2,1H3. The minimum absolute atomic E-state index is 0.513. The van der Waals surface area contributed by atoms with Gasteiger partial charge in [-0.1, -0.05) is 30.0 Å². The van der Waals surface area contributed by atoms with Crippen molar-refractivity contribution < 1.29 is 8.78 Å². The largest absolute Gasteiger partial charge is 0.398 e. The number of thioether (sulfide) groups is 1. The lowest BCUT2D eigenvalue weighted by atomic mass is 10.1. The highest BCUT2D eigenvalue weighted by molar-refractivity contribution is 7.99. The van der Waals surface area contributed by atoms with Crippen LogP contribution in [0.2, 0.25) is 0 Å². The molecular weight excluding hydrogens is 266 g/mol. The summed E-state index contributed by atoms with van der Waals surface area (Å²) in [6.45, 7) is 1.89.